The summed E-state index contributed by atoms with van der Waals surface area (Å²) in [7, 11) is 0. The minimum absolute atomic E-state index is 0.00221. The monoisotopic (exact) mass is 650 g/mol. The SMILES string of the molecule is Cc1ccc(-c2ccc(C(=O)NCC(O)(c3cc4c(c(-c5ccc(F)cc5)n3)OC[C@]4(C)C(N)=O)C(F)(F)F)cc2OC2CC2)cn1. The minimum atomic E-state index is -5.35. The molecular weight excluding hydrogens is 620 g/mol. The summed E-state index contributed by atoms with van der Waals surface area (Å²) < 4.78 is 69.7. The fourth-order valence-electron chi connectivity index (χ4n) is 5.24. The predicted octanol–water partition coefficient (Wildman–Crippen LogP) is 5.11. The van der Waals surface area contributed by atoms with Crippen molar-refractivity contribution in [3.05, 3.63) is 95.2 Å². The van der Waals surface area contributed by atoms with Crippen LogP contribution in [0.15, 0.2) is 66.9 Å². The van der Waals surface area contributed by atoms with Crippen LogP contribution >= 0.6 is 0 Å². The van der Waals surface area contributed by atoms with Crippen LogP contribution in [0.5, 0.6) is 11.5 Å². The van der Waals surface area contributed by atoms with Gasteiger partial charge in [-0.1, -0.05) is 6.07 Å². The average Bonchev–Trinajstić information content (AvgIpc) is 3.79. The molecule has 0 spiro atoms. The molecule has 0 saturated heterocycles. The average molecular weight is 651 g/mol. The van der Waals surface area contributed by atoms with Crippen molar-refractivity contribution in [3.8, 4) is 33.9 Å². The first kappa shape index (κ1) is 31.9. The molecule has 4 N–H and O–H groups in total. The largest absolute Gasteiger partial charge is 0.490 e. The second-order valence-electron chi connectivity index (χ2n) is 12.0. The summed E-state index contributed by atoms with van der Waals surface area (Å²) in [6.45, 7) is 1.61. The highest BCUT2D eigenvalue weighted by Gasteiger charge is 2.57. The second kappa shape index (κ2) is 11.6. The van der Waals surface area contributed by atoms with Gasteiger partial charge in [-0.25, -0.2) is 9.37 Å². The molecule has 2 aliphatic rings. The Morgan fingerprint density at radius 1 is 1.09 bits per heavy atom. The van der Waals surface area contributed by atoms with Gasteiger partial charge in [-0.3, -0.25) is 14.6 Å². The highest BCUT2D eigenvalue weighted by atomic mass is 19.4. The number of hydrogen-bond acceptors (Lipinski definition) is 7. The van der Waals surface area contributed by atoms with Crippen LogP contribution < -0.4 is 20.5 Å². The number of nitrogens with zero attached hydrogens (tertiary/aromatic N) is 2. The van der Waals surface area contributed by atoms with Gasteiger partial charge >= 0.3 is 6.18 Å². The molecule has 1 unspecified atom stereocenters. The zero-order valence-corrected chi connectivity index (χ0v) is 25.3. The van der Waals surface area contributed by atoms with E-state index >= 15 is 0 Å². The summed E-state index contributed by atoms with van der Waals surface area (Å²) in [5.41, 5.74) is 1.57. The van der Waals surface area contributed by atoms with Crippen LogP contribution in [0, 0.1) is 12.7 Å². The molecule has 4 aromatic rings. The number of hydrogen-bond donors (Lipinski definition) is 3. The number of pyridine rings is 2. The van der Waals surface area contributed by atoms with Crippen molar-refractivity contribution in [1.29, 1.82) is 0 Å². The maximum absolute atomic E-state index is 14.8. The van der Waals surface area contributed by atoms with E-state index in [1.807, 2.05) is 19.1 Å². The zero-order valence-electron chi connectivity index (χ0n) is 25.3. The lowest BCUT2D eigenvalue weighted by atomic mass is 9.81. The van der Waals surface area contributed by atoms with Gasteiger partial charge < -0.3 is 25.6 Å². The Bertz CT molecular complexity index is 1860. The van der Waals surface area contributed by atoms with E-state index in [1.165, 1.54) is 31.2 Å². The van der Waals surface area contributed by atoms with E-state index in [9.17, 15) is 32.3 Å². The van der Waals surface area contributed by atoms with Gasteiger partial charge in [-0.15, -0.1) is 0 Å². The van der Waals surface area contributed by atoms with Gasteiger partial charge in [-0.05, 0) is 81.3 Å². The van der Waals surface area contributed by atoms with Gasteiger partial charge in [0.2, 0.25) is 11.5 Å². The topological polar surface area (TPSA) is 137 Å². The van der Waals surface area contributed by atoms with Crippen LogP contribution in [0.1, 0.15) is 47.1 Å². The Kier molecular flexibility index (Phi) is 7.91. The molecule has 2 atom stereocenters. The van der Waals surface area contributed by atoms with Gasteiger partial charge in [0.05, 0.1) is 18.3 Å². The van der Waals surface area contributed by atoms with Crippen molar-refractivity contribution in [3.63, 3.8) is 0 Å². The number of carbonyl (C=O) groups is 2. The third-order valence-electron chi connectivity index (χ3n) is 8.42. The normalized spacial score (nSPS) is 18.5. The molecule has 1 saturated carbocycles. The number of benzene rings is 2. The Morgan fingerprint density at radius 2 is 1.79 bits per heavy atom. The Labute approximate surface area is 266 Å². The van der Waals surface area contributed by atoms with Gasteiger partial charge in [0.15, 0.2) is 0 Å². The maximum Gasteiger partial charge on any atom is 0.424 e. The maximum atomic E-state index is 14.8. The van der Waals surface area contributed by atoms with Gasteiger partial charge in [0.25, 0.3) is 5.91 Å². The summed E-state index contributed by atoms with van der Waals surface area (Å²) >= 11 is 0. The highest BCUT2D eigenvalue weighted by molar-refractivity contribution is 5.95. The van der Waals surface area contributed by atoms with E-state index in [0.29, 0.717) is 11.3 Å². The number of aromatic nitrogens is 2. The molecule has 3 heterocycles. The van der Waals surface area contributed by atoms with Crippen molar-refractivity contribution in [2.45, 2.75) is 50.0 Å². The molecule has 0 bridgehead atoms. The minimum Gasteiger partial charge on any atom is -0.490 e. The smallest absolute Gasteiger partial charge is 0.424 e. The number of aryl methyl sites for hydroxylation is 1. The van der Waals surface area contributed by atoms with E-state index in [1.54, 1.807) is 12.3 Å². The van der Waals surface area contributed by atoms with Crippen LogP contribution in [0.3, 0.4) is 0 Å². The number of nitrogens with one attached hydrogen (secondary N) is 1. The second-order valence-corrected chi connectivity index (χ2v) is 12.0. The standard InChI is InChI=1S/C34H30F4N4O5/c1-18-3-4-21(15-40-18)24-12-7-20(13-26(24)47-23-10-11-23)30(43)41-16-33(45,34(36,37)38)27-14-25-29(46-17-32(25,2)31(39)44)28(42-27)19-5-8-22(35)9-6-19/h3-9,12-15,23,45H,10-11,16-17H2,1-2H3,(H2,39,44)(H,41,43)/t32-,33?/m0/s1. The third kappa shape index (κ3) is 5.98. The molecule has 2 aromatic carbocycles. The van der Waals surface area contributed by atoms with Gasteiger partial charge in [0.1, 0.15) is 35.0 Å². The van der Waals surface area contributed by atoms with Crippen molar-refractivity contribution >= 4 is 11.8 Å². The van der Waals surface area contributed by atoms with Crippen LogP contribution in [0.2, 0.25) is 0 Å². The predicted molar refractivity (Wildman–Crippen MR) is 162 cm³/mol. The fourth-order valence-corrected chi connectivity index (χ4v) is 5.24. The first-order valence-corrected chi connectivity index (χ1v) is 14.8. The Balaban J connectivity index is 1.36. The third-order valence-corrected chi connectivity index (χ3v) is 8.42. The van der Waals surface area contributed by atoms with Gasteiger partial charge in [0, 0.05) is 39.7 Å². The molecule has 2 aromatic heterocycles. The molecule has 9 nitrogen and oxygen atoms in total. The molecular formula is C34H30F4N4O5. The number of fused-ring (bicyclic) bond motifs is 1. The van der Waals surface area contributed by atoms with Crippen LogP contribution in [0.4, 0.5) is 17.6 Å². The summed E-state index contributed by atoms with van der Waals surface area (Å²) in [5.74, 6) is -2.05. The Morgan fingerprint density at radius 3 is 2.40 bits per heavy atom. The summed E-state index contributed by atoms with van der Waals surface area (Å²) in [6.07, 6.45) is -2.09. The highest BCUT2D eigenvalue weighted by Crippen LogP contribution is 2.48. The van der Waals surface area contributed by atoms with Crippen LogP contribution in [0.25, 0.3) is 22.4 Å². The number of carbonyl (C=O) groups excluding carboxylic acids is 2. The number of alkyl halides is 3. The number of primary amides is 1. The molecule has 244 valence electrons. The molecule has 2 amide bonds. The molecule has 47 heavy (non-hydrogen) atoms. The lowest BCUT2D eigenvalue weighted by Crippen LogP contribution is -2.51. The van der Waals surface area contributed by atoms with Crippen molar-refractivity contribution in [1.82, 2.24) is 15.3 Å². The first-order valence-electron chi connectivity index (χ1n) is 14.8. The van der Waals surface area contributed by atoms with Crippen LogP contribution in [-0.2, 0) is 15.8 Å². The van der Waals surface area contributed by atoms with Gasteiger partial charge in [-0.2, -0.15) is 13.2 Å². The van der Waals surface area contributed by atoms with E-state index in [4.69, 9.17) is 15.2 Å². The molecule has 0 radical (unpaired) electrons. The van der Waals surface area contributed by atoms with Crippen LogP contribution in [-0.4, -0.2) is 52.3 Å². The molecule has 1 fully saturated rings. The number of nitrogens with two attached hydrogens (primary N) is 1. The van der Waals surface area contributed by atoms with Crippen molar-refractivity contribution in [2.24, 2.45) is 5.73 Å². The number of aliphatic hydroxyl groups is 1. The summed E-state index contributed by atoms with van der Waals surface area (Å²) in [5, 5.41) is 13.5. The van der Waals surface area contributed by atoms with E-state index in [0.717, 1.165) is 42.3 Å². The van der Waals surface area contributed by atoms with Crippen molar-refractivity contribution in [2.75, 3.05) is 13.2 Å². The molecule has 6 rings (SSSR count). The van der Waals surface area contributed by atoms with E-state index in [-0.39, 0.29) is 40.8 Å². The van der Waals surface area contributed by atoms with E-state index in [2.05, 4.69) is 15.3 Å². The number of ether oxygens (including phenoxy) is 2. The Hall–Kier alpha value is -5.04. The fraction of sp³-hybridized carbons (Fsp3) is 0.294. The summed E-state index contributed by atoms with van der Waals surface area (Å²) in [6, 6.07) is 13.8. The molecule has 1 aliphatic carbocycles. The molecule has 13 heteroatoms. The zero-order chi connectivity index (χ0) is 33.7. The number of halogens is 4. The lowest BCUT2D eigenvalue weighted by Gasteiger charge is -2.31. The number of rotatable bonds is 9. The summed E-state index contributed by atoms with van der Waals surface area (Å²) in [4.78, 5) is 34.2. The first-order chi connectivity index (χ1) is 22.2. The number of amides is 2. The molecule has 1 aliphatic heterocycles. The van der Waals surface area contributed by atoms with E-state index < -0.39 is 47.1 Å². The quantitative estimate of drug-likeness (QED) is 0.214. The lowest BCUT2D eigenvalue weighted by molar-refractivity contribution is -0.265. The van der Waals surface area contributed by atoms with Crippen molar-refractivity contribution < 1.29 is 41.7 Å².